The van der Waals surface area contributed by atoms with Crippen LogP contribution in [-0.4, -0.2) is 23.6 Å². The summed E-state index contributed by atoms with van der Waals surface area (Å²) in [7, 11) is 1.59. The fourth-order valence-corrected chi connectivity index (χ4v) is 4.68. The zero-order valence-electron chi connectivity index (χ0n) is 19.6. The average Bonchev–Trinajstić information content (AvgIpc) is 3.00. The number of halogens is 1. The Morgan fingerprint density at radius 1 is 1.09 bits per heavy atom. The van der Waals surface area contributed by atoms with Crippen molar-refractivity contribution in [3.8, 4) is 11.5 Å². The smallest absolute Gasteiger partial charge is 0.260 e. The third kappa shape index (κ3) is 5.36. The number of methoxy groups -OCH3 is 1. The van der Waals surface area contributed by atoms with Crippen LogP contribution in [0.15, 0.2) is 35.2 Å². The molecule has 0 bridgehead atoms. The minimum absolute atomic E-state index is 0.156. The number of aromatic hydroxyl groups is 1. The Bertz CT molecular complexity index is 1030. The third-order valence-corrected chi connectivity index (χ3v) is 6.49. The zero-order valence-corrected chi connectivity index (χ0v) is 21.2. The molecule has 5 nitrogen and oxygen atoms in total. The Morgan fingerprint density at radius 3 is 2.22 bits per heavy atom. The number of phenols is 1. The van der Waals surface area contributed by atoms with Crippen molar-refractivity contribution in [1.82, 2.24) is 5.32 Å². The van der Waals surface area contributed by atoms with Crippen LogP contribution in [0.3, 0.4) is 0 Å². The molecule has 3 rings (SSSR count). The topological polar surface area (TPSA) is 70.6 Å². The molecule has 0 aromatic heterocycles. The van der Waals surface area contributed by atoms with Crippen LogP contribution in [-0.2, 0) is 15.6 Å². The van der Waals surface area contributed by atoms with Crippen molar-refractivity contribution in [2.24, 2.45) is 0 Å². The summed E-state index contributed by atoms with van der Waals surface area (Å²) in [6.45, 7) is 12.4. The lowest BCUT2D eigenvalue weighted by Crippen LogP contribution is -2.31. The first-order valence-electron chi connectivity index (χ1n) is 10.5. The summed E-state index contributed by atoms with van der Waals surface area (Å²) in [6.07, 6.45) is 1.88. The van der Waals surface area contributed by atoms with E-state index in [2.05, 4.69) is 52.2 Å². The number of thioether (sulfide) groups is 1. The van der Waals surface area contributed by atoms with Gasteiger partial charge in [0, 0.05) is 16.1 Å². The molecule has 172 valence electrons. The van der Waals surface area contributed by atoms with Crippen LogP contribution in [0, 0.1) is 0 Å². The highest BCUT2D eigenvalue weighted by atomic mass is 35.5. The molecule has 0 spiro atoms. The van der Waals surface area contributed by atoms with Crippen molar-refractivity contribution in [2.45, 2.75) is 57.9 Å². The van der Waals surface area contributed by atoms with Crippen LogP contribution < -0.4 is 15.4 Å². The van der Waals surface area contributed by atoms with Gasteiger partial charge in [-0.05, 0) is 52.8 Å². The molecule has 1 aliphatic rings. The molecular formula is C25H31ClN2O3S. The summed E-state index contributed by atoms with van der Waals surface area (Å²) in [4.78, 5) is 13.3. The monoisotopic (exact) mass is 474 g/mol. The summed E-state index contributed by atoms with van der Waals surface area (Å²) < 4.78 is 5.38. The van der Waals surface area contributed by atoms with E-state index in [1.54, 1.807) is 25.3 Å². The number of nitrogens with one attached hydrogen (secondary N) is 2. The molecule has 1 aliphatic heterocycles. The number of carbonyl (C=O) groups excluding carboxylic acids is 1. The minimum atomic E-state index is -0.359. The molecule has 1 saturated heterocycles. The number of carbonyl (C=O) groups is 1. The van der Waals surface area contributed by atoms with E-state index in [-0.39, 0.29) is 22.2 Å². The van der Waals surface area contributed by atoms with Gasteiger partial charge in [-0.1, -0.05) is 64.9 Å². The molecule has 7 heteroatoms. The van der Waals surface area contributed by atoms with E-state index in [4.69, 9.17) is 16.3 Å². The van der Waals surface area contributed by atoms with E-state index in [9.17, 15) is 9.90 Å². The van der Waals surface area contributed by atoms with Crippen molar-refractivity contribution >= 4 is 41.0 Å². The highest BCUT2D eigenvalue weighted by Gasteiger charge is 2.30. The highest BCUT2D eigenvalue weighted by Crippen LogP contribution is 2.41. The van der Waals surface area contributed by atoms with E-state index in [1.165, 1.54) is 11.8 Å². The number of rotatable bonds is 4. The van der Waals surface area contributed by atoms with Gasteiger partial charge in [-0.3, -0.25) is 4.79 Å². The summed E-state index contributed by atoms with van der Waals surface area (Å²) in [6, 6.07) is 9.22. The van der Waals surface area contributed by atoms with Crippen LogP contribution >= 0.6 is 23.4 Å². The molecule has 1 fully saturated rings. The van der Waals surface area contributed by atoms with Crippen molar-refractivity contribution in [2.75, 3.05) is 12.4 Å². The Morgan fingerprint density at radius 2 is 1.69 bits per heavy atom. The SMILES string of the molecule is COc1ccc(Cl)cc1NC1NC(=O)/C(=C/c2cc(C(C)(C)C)c(O)c(C(C)(C)C)c2)S1. The molecule has 1 unspecified atom stereocenters. The van der Waals surface area contributed by atoms with E-state index >= 15 is 0 Å². The summed E-state index contributed by atoms with van der Waals surface area (Å²) in [5.74, 6) is 0.810. The molecule has 0 saturated carbocycles. The predicted molar refractivity (Wildman–Crippen MR) is 135 cm³/mol. The summed E-state index contributed by atoms with van der Waals surface area (Å²) in [5.41, 5.74) is 2.47. The maximum Gasteiger partial charge on any atom is 0.260 e. The molecule has 0 aliphatic carbocycles. The largest absolute Gasteiger partial charge is 0.507 e. The van der Waals surface area contributed by atoms with Crippen molar-refractivity contribution in [3.05, 3.63) is 56.9 Å². The number of hydrogen-bond acceptors (Lipinski definition) is 5. The maximum absolute atomic E-state index is 12.7. The fraction of sp³-hybridized carbons (Fsp3) is 0.400. The molecule has 1 heterocycles. The molecule has 2 aromatic carbocycles. The first-order chi connectivity index (χ1) is 14.8. The van der Waals surface area contributed by atoms with Gasteiger partial charge in [0.2, 0.25) is 0 Å². The predicted octanol–water partition coefficient (Wildman–Crippen LogP) is 6.25. The Labute approximate surface area is 199 Å². The first kappa shape index (κ1) is 24.3. The van der Waals surface area contributed by atoms with Gasteiger partial charge in [0.15, 0.2) is 5.50 Å². The van der Waals surface area contributed by atoms with Crippen molar-refractivity contribution < 1.29 is 14.6 Å². The lowest BCUT2D eigenvalue weighted by Gasteiger charge is -2.28. The first-order valence-corrected chi connectivity index (χ1v) is 11.7. The molecule has 0 radical (unpaired) electrons. The van der Waals surface area contributed by atoms with Crippen molar-refractivity contribution in [1.29, 1.82) is 0 Å². The molecule has 1 amide bonds. The van der Waals surface area contributed by atoms with Gasteiger partial charge in [0.05, 0.1) is 17.7 Å². The van der Waals surface area contributed by atoms with Gasteiger partial charge >= 0.3 is 0 Å². The van der Waals surface area contributed by atoms with Crippen LogP contribution in [0.4, 0.5) is 5.69 Å². The number of hydrogen-bond donors (Lipinski definition) is 3. The van der Waals surface area contributed by atoms with E-state index < -0.39 is 0 Å². The molecular weight excluding hydrogens is 444 g/mol. The lowest BCUT2D eigenvalue weighted by atomic mass is 9.78. The number of phenolic OH excluding ortho intramolecular Hbond substituents is 1. The Hall–Kier alpha value is -2.31. The summed E-state index contributed by atoms with van der Waals surface area (Å²) in [5, 5.41) is 17.7. The average molecular weight is 475 g/mol. The van der Waals surface area contributed by atoms with E-state index in [0.717, 1.165) is 16.7 Å². The lowest BCUT2D eigenvalue weighted by molar-refractivity contribution is -0.116. The number of ether oxygens (including phenoxy) is 1. The van der Waals surface area contributed by atoms with Gasteiger partial charge in [0.1, 0.15) is 11.5 Å². The van der Waals surface area contributed by atoms with E-state index in [0.29, 0.717) is 27.1 Å². The number of amides is 1. The third-order valence-electron chi connectivity index (χ3n) is 5.22. The van der Waals surface area contributed by atoms with Gasteiger partial charge in [-0.25, -0.2) is 0 Å². The quantitative estimate of drug-likeness (QED) is 0.457. The van der Waals surface area contributed by atoms with Crippen LogP contribution in [0.1, 0.15) is 58.2 Å². The van der Waals surface area contributed by atoms with Gasteiger partial charge in [0.25, 0.3) is 5.91 Å². The second kappa shape index (κ2) is 8.91. The second-order valence-electron chi connectivity index (χ2n) is 9.93. The molecule has 32 heavy (non-hydrogen) atoms. The van der Waals surface area contributed by atoms with Gasteiger partial charge in [-0.15, -0.1) is 0 Å². The maximum atomic E-state index is 12.7. The highest BCUT2D eigenvalue weighted by molar-refractivity contribution is 8.05. The standard InChI is InChI=1S/C25H31ClN2O3S/c1-24(2,3)16-10-14(11-17(21(16)29)25(4,5)6)12-20-22(30)28-23(32-20)27-18-13-15(26)8-9-19(18)31-7/h8-13,23,27,29H,1-7H3,(H,28,30)/b20-12-. The molecule has 2 aromatic rings. The zero-order chi connectivity index (χ0) is 23.8. The number of anilines is 1. The van der Waals surface area contributed by atoms with Crippen LogP contribution in [0.25, 0.3) is 6.08 Å². The fourth-order valence-electron chi connectivity index (χ4n) is 3.53. The van der Waals surface area contributed by atoms with E-state index in [1.807, 2.05) is 18.2 Å². The van der Waals surface area contributed by atoms with Crippen molar-refractivity contribution in [3.63, 3.8) is 0 Å². The van der Waals surface area contributed by atoms with Crippen LogP contribution in [0.2, 0.25) is 5.02 Å². The molecule has 1 atom stereocenters. The number of benzene rings is 2. The Balaban J connectivity index is 1.94. The minimum Gasteiger partial charge on any atom is -0.507 e. The normalized spacial score (nSPS) is 18.1. The van der Waals surface area contributed by atoms with Gasteiger partial charge < -0.3 is 20.5 Å². The second-order valence-corrected chi connectivity index (χ2v) is 11.5. The van der Waals surface area contributed by atoms with Gasteiger partial charge in [-0.2, -0.15) is 0 Å². The van der Waals surface area contributed by atoms with Crippen LogP contribution in [0.5, 0.6) is 11.5 Å². The summed E-state index contributed by atoms with van der Waals surface area (Å²) >= 11 is 7.51. The molecule has 3 N–H and O–H groups in total. The Kier molecular flexibility index (Phi) is 6.78.